The Morgan fingerprint density at radius 1 is 0.672 bits per heavy atom. The van der Waals surface area contributed by atoms with E-state index in [1.54, 1.807) is 28.4 Å². The molecule has 0 bridgehead atoms. The quantitative estimate of drug-likeness (QED) is 0.0443. The van der Waals surface area contributed by atoms with Crippen molar-refractivity contribution in [2.45, 2.75) is 103 Å². The first kappa shape index (κ1) is 58.0. The number of hydrogen-bond donors (Lipinski definition) is 3. The van der Waals surface area contributed by atoms with E-state index in [9.17, 15) is 33.6 Å². The second kappa shape index (κ2) is 35.7. The Hall–Kier alpha value is -2.08. The highest BCUT2D eigenvalue weighted by Gasteiger charge is 2.38. The summed E-state index contributed by atoms with van der Waals surface area (Å²) in [5, 5.41) is 15.2. The minimum Gasteiger partial charge on any atom is -0.377 e. The largest absolute Gasteiger partial charge is 0.500 e. The lowest BCUT2D eigenvalue weighted by Gasteiger charge is -2.25. The molecule has 0 aromatic carbocycles. The molecule has 0 saturated carbocycles. The first-order chi connectivity index (χ1) is 27.7. The summed E-state index contributed by atoms with van der Waals surface area (Å²) in [7, 11) is 5.59. The summed E-state index contributed by atoms with van der Waals surface area (Å²) in [5.41, 5.74) is 0. The third-order valence-electron chi connectivity index (χ3n) is 8.50. The van der Waals surface area contributed by atoms with Crippen LogP contribution in [0.25, 0.3) is 0 Å². The second-order valence-electron chi connectivity index (χ2n) is 12.5. The number of nitrogens with one attached hydrogen (secondary N) is 3. The molecule has 1 fully saturated rings. The van der Waals surface area contributed by atoms with E-state index in [1.165, 1.54) is 17.1 Å². The van der Waals surface area contributed by atoms with Gasteiger partial charge >= 0.3 is 17.6 Å². The predicted octanol–water partition coefficient (Wildman–Crippen LogP) is 2.69. The SMILES string of the molecule is CCO[Si](CCCCC(=O)CCCCCN1C(=O)C=CC1=O)(OC)OC.CCO[Si](CCCNC(=O)CCC(=O)CN1C(=O)CCC1=O)(OC)OC.N=[SiH]P.N=[SiH]P. The minimum atomic E-state index is -2.66. The monoisotopic (exact) mass is 927 g/mol. The van der Waals surface area contributed by atoms with Gasteiger partial charge in [-0.25, -0.2) is 0 Å². The maximum absolute atomic E-state index is 11.9. The number of Topliss-reactive ketones (excluding diaryl/α,β-unsaturated/α-hetero) is 2. The molecule has 2 rings (SSSR count). The van der Waals surface area contributed by atoms with Crippen molar-refractivity contribution in [1.29, 1.82) is 10.1 Å². The maximum atomic E-state index is 11.9. The number of carbonyl (C=O) groups is 7. The smallest absolute Gasteiger partial charge is 0.377 e. The van der Waals surface area contributed by atoms with Crippen LogP contribution in [0.4, 0.5) is 0 Å². The summed E-state index contributed by atoms with van der Waals surface area (Å²) in [6.07, 6.45) is 8.64. The van der Waals surface area contributed by atoms with Crippen LogP contribution in [0.15, 0.2) is 12.2 Å². The first-order valence-electron chi connectivity index (χ1n) is 19.2. The van der Waals surface area contributed by atoms with E-state index >= 15 is 0 Å². The van der Waals surface area contributed by atoms with Crippen LogP contribution >= 0.6 is 17.6 Å². The van der Waals surface area contributed by atoms with Gasteiger partial charge in [-0.3, -0.25) is 43.4 Å². The zero-order chi connectivity index (χ0) is 44.4. The molecule has 0 aromatic heterocycles. The van der Waals surface area contributed by atoms with Crippen LogP contribution in [0.2, 0.25) is 12.1 Å². The van der Waals surface area contributed by atoms with E-state index in [2.05, 4.69) is 22.9 Å². The van der Waals surface area contributed by atoms with Crippen molar-refractivity contribution in [3.05, 3.63) is 12.2 Å². The molecule has 2 atom stereocenters. The molecule has 0 aliphatic carbocycles. The molecule has 2 unspecified atom stereocenters. The average molecular weight is 928 g/mol. The molecule has 18 nitrogen and oxygen atoms in total. The summed E-state index contributed by atoms with van der Waals surface area (Å²) in [4.78, 5) is 83.5. The van der Waals surface area contributed by atoms with Gasteiger partial charge in [0.05, 0.1) is 6.54 Å². The van der Waals surface area contributed by atoms with Crippen molar-refractivity contribution in [2.75, 3.05) is 61.3 Å². The van der Waals surface area contributed by atoms with Crippen molar-refractivity contribution in [3.8, 4) is 0 Å². The normalized spacial score (nSPS) is 13.6. The van der Waals surface area contributed by atoms with E-state index in [-0.39, 0.29) is 91.3 Å². The number of imide groups is 2. The van der Waals surface area contributed by atoms with Crippen molar-refractivity contribution >= 4 is 94.2 Å². The van der Waals surface area contributed by atoms with E-state index in [0.717, 1.165) is 37.0 Å². The van der Waals surface area contributed by atoms with Crippen LogP contribution in [0.5, 0.6) is 0 Å². The lowest BCUT2D eigenvalue weighted by atomic mass is 10.1. The lowest BCUT2D eigenvalue weighted by Crippen LogP contribution is -2.44. The van der Waals surface area contributed by atoms with Gasteiger partial charge in [-0.05, 0) is 46.0 Å². The van der Waals surface area contributed by atoms with Gasteiger partial charge in [0.15, 0.2) is 5.78 Å². The summed E-state index contributed by atoms with van der Waals surface area (Å²) < 4.78 is 32.8. The van der Waals surface area contributed by atoms with Crippen LogP contribution in [0.3, 0.4) is 0 Å². The molecule has 58 heavy (non-hydrogen) atoms. The molecular weight excluding hydrogens is 861 g/mol. The number of carbonyl (C=O) groups excluding carboxylic acids is 7. The van der Waals surface area contributed by atoms with Gasteiger partial charge in [0, 0.05) is 118 Å². The van der Waals surface area contributed by atoms with Crippen molar-refractivity contribution in [3.63, 3.8) is 0 Å². The predicted molar refractivity (Wildman–Crippen MR) is 233 cm³/mol. The van der Waals surface area contributed by atoms with Crippen LogP contribution in [-0.4, -0.2) is 148 Å². The lowest BCUT2D eigenvalue weighted by molar-refractivity contribution is -0.142. The van der Waals surface area contributed by atoms with Gasteiger partial charge in [0.1, 0.15) is 23.7 Å². The number of hydrogen-bond acceptors (Lipinski definition) is 15. The molecular formula is C34H67N5O13P2Si4. The van der Waals surface area contributed by atoms with Crippen LogP contribution < -0.4 is 5.32 Å². The van der Waals surface area contributed by atoms with Crippen molar-refractivity contribution < 1.29 is 60.1 Å². The minimum absolute atomic E-state index is 0.00330. The zero-order valence-electron chi connectivity index (χ0n) is 35.1. The second-order valence-corrected chi connectivity index (χ2v) is 21.1. The summed E-state index contributed by atoms with van der Waals surface area (Å²) in [6, 6.07) is 1.29. The van der Waals surface area contributed by atoms with E-state index < -0.39 is 17.6 Å². The van der Waals surface area contributed by atoms with Gasteiger partial charge in [0.25, 0.3) is 11.8 Å². The summed E-state index contributed by atoms with van der Waals surface area (Å²) >= 11 is 0. The Morgan fingerprint density at radius 2 is 1.12 bits per heavy atom. The fourth-order valence-corrected chi connectivity index (χ4v) is 9.61. The molecule has 0 spiro atoms. The van der Waals surface area contributed by atoms with Crippen LogP contribution in [-0.2, 0) is 60.1 Å². The topological polar surface area (TPSA) is 241 Å². The van der Waals surface area contributed by atoms with Gasteiger partial charge < -0.3 is 42.0 Å². The molecule has 1 saturated heterocycles. The number of ketones is 2. The highest BCUT2D eigenvalue weighted by molar-refractivity contribution is 7.52. The van der Waals surface area contributed by atoms with E-state index in [1.807, 2.05) is 13.8 Å². The first-order valence-corrected chi connectivity index (χ1v) is 29.6. The molecule has 0 aromatic rings. The van der Waals surface area contributed by atoms with Gasteiger partial charge in [-0.2, -0.15) is 0 Å². The number of nitrogens with zero attached hydrogens (tertiary/aromatic N) is 2. The molecule has 2 aliphatic rings. The highest BCUT2D eigenvalue weighted by atomic mass is 31.3. The van der Waals surface area contributed by atoms with Gasteiger partial charge in [-0.15, -0.1) is 17.6 Å². The number of likely N-dealkylation sites (tertiary alicyclic amines) is 1. The molecule has 2 heterocycles. The van der Waals surface area contributed by atoms with Crippen molar-refractivity contribution in [1.82, 2.24) is 15.1 Å². The van der Waals surface area contributed by atoms with Gasteiger partial charge in [0.2, 0.25) is 17.7 Å². The fourth-order valence-electron chi connectivity index (χ4n) is 5.53. The van der Waals surface area contributed by atoms with Crippen LogP contribution in [0, 0.1) is 10.1 Å². The third kappa shape index (κ3) is 25.5. The summed E-state index contributed by atoms with van der Waals surface area (Å²) in [6.45, 7) is 5.43. The Bertz CT molecular complexity index is 1290. The number of rotatable bonds is 28. The molecule has 2 aliphatic heterocycles. The molecule has 332 valence electrons. The van der Waals surface area contributed by atoms with E-state index in [0.29, 0.717) is 57.7 Å². The Balaban J connectivity index is 0. The van der Waals surface area contributed by atoms with Gasteiger partial charge in [-0.1, -0.05) is 6.42 Å². The maximum Gasteiger partial charge on any atom is 0.500 e. The Kier molecular flexibility index (Phi) is 35.7. The fraction of sp³-hybridized carbons (Fsp3) is 0.735. The van der Waals surface area contributed by atoms with E-state index in [4.69, 9.17) is 36.7 Å². The van der Waals surface area contributed by atoms with Crippen LogP contribution in [0.1, 0.15) is 90.9 Å². The standard InChI is InChI=1S/C18H31NO6Si.C16H28N2O7Si.2H4NPSi/c1-4-25-26(23-2,24-3)15-9-7-11-16(20)10-6-5-8-14-19-17(21)12-13-18(19)22;1-4-25-26(23-2,24-3)11-5-10-17-14(20)7-6-13(19)12-18-15(21)8-9-16(18)22;2*1-3-2/h12-13H,4-11,14-15H2,1-3H3;4-12H2,1-3H3,(H,17,20);2*1,3H,2H2. The molecule has 24 heteroatoms. The molecule has 5 amide bonds. The zero-order valence-corrected chi connectivity index (χ0v) is 41.7. The average Bonchev–Trinajstić information content (AvgIpc) is 3.70. The van der Waals surface area contributed by atoms with Crippen molar-refractivity contribution in [2.24, 2.45) is 0 Å². The number of unbranched alkanes of at least 4 members (excludes halogenated alkanes) is 3. The number of amides is 5. The third-order valence-corrected chi connectivity index (χ3v) is 14.4. The molecule has 0 radical (unpaired) electrons. The summed E-state index contributed by atoms with van der Waals surface area (Å²) in [5.74, 6) is -1.45. The molecule has 3 N–H and O–H groups in total. The Morgan fingerprint density at radius 3 is 1.57 bits per heavy atom. The highest BCUT2D eigenvalue weighted by Crippen LogP contribution is 2.19. The Labute approximate surface area is 354 Å².